The zero-order valence-electron chi connectivity index (χ0n) is 12.5. The lowest BCUT2D eigenvalue weighted by atomic mass is 10.1. The zero-order chi connectivity index (χ0) is 14.3. The number of nitrogens with one attached hydrogen (secondary N) is 1. The van der Waals surface area contributed by atoms with E-state index < -0.39 is 0 Å². The van der Waals surface area contributed by atoms with Crippen LogP contribution in [0.5, 0.6) is 0 Å². The molecule has 19 heavy (non-hydrogen) atoms. The number of rotatable bonds is 6. The van der Waals surface area contributed by atoms with Gasteiger partial charge >= 0.3 is 6.03 Å². The van der Waals surface area contributed by atoms with Gasteiger partial charge in [0.2, 0.25) is 0 Å². The molecule has 1 aliphatic heterocycles. The number of amides is 2. The molecule has 0 saturated carbocycles. The summed E-state index contributed by atoms with van der Waals surface area (Å²) in [6, 6.07) is 0.563. The first-order valence-electron chi connectivity index (χ1n) is 6.79. The molecule has 1 heterocycles. The molecule has 1 saturated heterocycles. The topological polar surface area (TPSA) is 54.0 Å². The number of carbonyl (C=O) groups is 1. The van der Waals surface area contributed by atoms with Crippen LogP contribution >= 0.6 is 0 Å². The fourth-order valence-corrected chi connectivity index (χ4v) is 2.25. The maximum absolute atomic E-state index is 11.8. The predicted molar refractivity (Wildman–Crippen MR) is 74.4 cm³/mol. The van der Waals surface area contributed by atoms with Crippen molar-refractivity contribution in [1.82, 2.24) is 15.1 Å². The predicted octanol–water partition coefficient (Wildman–Crippen LogP) is 0.383. The number of likely N-dealkylation sites (tertiary alicyclic amines) is 1. The van der Waals surface area contributed by atoms with E-state index in [2.05, 4.69) is 5.32 Å². The van der Waals surface area contributed by atoms with Gasteiger partial charge in [-0.2, -0.15) is 0 Å². The third-order valence-electron chi connectivity index (χ3n) is 3.47. The quantitative estimate of drug-likeness (QED) is 0.760. The molecule has 2 amide bonds. The standard InChI is InChI=1S/C13H27N3O3/c1-15(2)13(17)16-7-5-11(6-8-16)14-9-12(19-4)10-18-3/h11-12,14H,5-10H2,1-4H3. The lowest BCUT2D eigenvalue weighted by Crippen LogP contribution is -2.49. The lowest BCUT2D eigenvalue weighted by molar-refractivity contribution is 0.0260. The van der Waals surface area contributed by atoms with Crippen molar-refractivity contribution in [3.63, 3.8) is 0 Å². The summed E-state index contributed by atoms with van der Waals surface area (Å²) < 4.78 is 10.4. The van der Waals surface area contributed by atoms with Gasteiger partial charge in [-0.15, -0.1) is 0 Å². The molecule has 6 nitrogen and oxygen atoms in total. The molecule has 0 aliphatic carbocycles. The fraction of sp³-hybridized carbons (Fsp3) is 0.923. The van der Waals surface area contributed by atoms with Crippen LogP contribution < -0.4 is 5.32 Å². The van der Waals surface area contributed by atoms with Crippen molar-refractivity contribution in [3.05, 3.63) is 0 Å². The Bertz CT molecular complexity index is 266. The number of hydrogen-bond donors (Lipinski definition) is 1. The number of urea groups is 1. The molecule has 0 aromatic carbocycles. The van der Waals surface area contributed by atoms with Gasteiger partial charge in [-0.1, -0.05) is 0 Å². The second kappa shape index (κ2) is 8.35. The van der Waals surface area contributed by atoms with Gasteiger partial charge < -0.3 is 24.6 Å². The van der Waals surface area contributed by atoms with Gasteiger partial charge in [0.25, 0.3) is 0 Å². The van der Waals surface area contributed by atoms with Crippen LogP contribution in [0.15, 0.2) is 0 Å². The van der Waals surface area contributed by atoms with Crippen LogP contribution in [0.1, 0.15) is 12.8 Å². The van der Waals surface area contributed by atoms with Crippen LogP contribution in [-0.2, 0) is 9.47 Å². The summed E-state index contributed by atoms with van der Waals surface area (Å²) >= 11 is 0. The Morgan fingerprint density at radius 2 is 2.00 bits per heavy atom. The van der Waals surface area contributed by atoms with E-state index in [1.807, 2.05) is 4.90 Å². The normalized spacial score (nSPS) is 18.4. The number of carbonyl (C=O) groups excluding carboxylic acids is 1. The SMILES string of the molecule is COCC(CNC1CCN(C(=O)N(C)C)CC1)OC. The van der Waals surface area contributed by atoms with Crippen LogP contribution in [-0.4, -0.2) is 82.5 Å². The molecule has 1 fully saturated rings. The number of ether oxygens (including phenoxy) is 2. The van der Waals surface area contributed by atoms with Crippen LogP contribution in [0.3, 0.4) is 0 Å². The molecule has 0 aromatic heterocycles. The van der Waals surface area contributed by atoms with E-state index in [-0.39, 0.29) is 12.1 Å². The molecule has 0 spiro atoms. The molecular formula is C13H27N3O3. The van der Waals surface area contributed by atoms with Crippen molar-refractivity contribution in [2.45, 2.75) is 25.0 Å². The fourth-order valence-electron chi connectivity index (χ4n) is 2.25. The van der Waals surface area contributed by atoms with Gasteiger partial charge in [0.05, 0.1) is 12.7 Å². The summed E-state index contributed by atoms with van der Waals surface area (Å²) in [4.78, 5) is 15.3. The Hall–Kier alpha value is -0.850. The average molecular weight is 273 g/mol. The molecule has 0 radical (unpaired) electrons. The van der Waals surface area contributed by atoms with E-state index >= 15 is 0 Å². The van der Waals surface area contributed by atoms with Gasteiger partial charge in [-0.3, -0.25) is 0 Å². The van der Waals surface area contributed by atoms with Gasteiger partial charge in [0.15, 0.2) is 0 Å². The first-order chi connectivity index (χ1) is 9.08. The summed E-state index contributed by atoms with van der Waals surface area (Å²) in [5.41, 5.74) is 0. The van der Waals surface area contributed by atoms with Crippen LogP contribution in [0.2, 0.25) is 0 Å². The summed E-state index contributed by atoms with van der Waals surface area (Å²) in [6.45, 7) is 3.02. The highest BCUT2D eigenvalue weighted by molar-refractivity contribution is 5.73. The van der Waals surface area contributed by atoms with Crippen LogP contribution in [0.25, 0.3) is 0 Å². The lowest BCUT2D eigenvalue weighted by Gasteiger charge is -2.34. The van der Waals surface area contributed by atoms with Crippen molar-refractivity contribution >= 4 is 6.03 Å². The second-order valence-electron chi connectivity index (χ2n) is 5.16. The van der Waals surface area contributed by atoms with Gasteiger partial charge in [0, 0.05) is 54.0 Å². The van der Waals surface area contributed by atoms with E-state index in [0.717, 1.165) is 32.5 Å². The Balaban J connectivity index is 2.24. The summed E-state index contributed by atoms with van der Waals surface area (Å²) in [7, 11) is 6.96. The number of nitrogens with zero attached hydrogens (tertiary/aromatic N) is 2. The third kappa shape index (κ3) is 5.34. The van der Waals surface area contributed by atoms with Crippen LogP contribution in [0.4, 0.5) is 4.79 Å². The van der Waals surface area contributed by atoms with E-state index in [9.17, 15) is 4.79 Å². The summed E-state index contributed by atoms with van der Waals surface area (Å²) in [5, 5.41) is 3.49. The minimum atomic E-state index is 0.0893. The molecule has 1 atom stereocenters. The molecule has 0 bridgehead atoms. The molecule has 1 rings (SSSR count). The van der Waals surface area contributed by atoms with Crippen molar-refractivity contribution in [2.24, 2.45) is 0 Å². The highest BCUT2D eigenvalue weighted by atomic mass is 16.5. The monoisotopic (exact) mass is 273 g/mol. The first kappa shape index (κ1) is 16.2. The number of methoxy groups -OCH3 is 2. The largest absolute Gasteiger partial charge is 0.382 e. The molecule has 6 heteroatoms. The molecule has 1 aliphatic rings. The minimum absolute atomic E-state index is 0.0893. The van der Waals surface area contributed by atoms with Crippen molar-refractivity contribution in [3.8, 4) is 0 Å². The maximum Gasteiger partial charge on any atom is 0.319 e. The highest BCUT2D eigenvalue weighted by Crippen LogP contribution is 2.11. The molecule has 0 aromatic rings. The Labute approximate surface area is 116 Å². The van der Waals surface area contributed by atoms with E-state index in [4.69, 9.17) is 9.47 Å². The molecule has 112 valence electrons. The minimum Gasteiger partial charge on any atom is -0.382 e. The highest BCUT2D eigenvalue weighted by Gasteiger charge is 2.23. The van der Waals surface area contributed by atoms with E-state index in [1.54, 1.807) is 33.2 Å². The van der Waals surface area contributed by atoms with Crippen molar-refractivity contribution < 1.29 is 14.3 Å². The average Bonchev–Trinajstić information content (AvgIpc) is 2.43. The smallest absolute Gasteiger partial charge is 0.319 e. The Morgan fingerprint density at radius 1 is 1.37 bits per heavy atom. The molecule has 1 unspecified atom stereocenters. The summed E-state index contributed by atoms with van der Waals surface area (Å²) in [6.07, 6.45) is 2.07. The second-order valence-corrected chi connectivity index (χ2v) is 5.16. The van der Waals surface area contributed by atoms with Gasteiger partial charge in [-0.25, -0.2) is 4.79 Å². The molecular weight excluding hydrogens is 246 g/mol. The summed E-state index contributed by atoms with van der Waals surface area (Å²) in [5.74, 6) is 0. The zero-order valence-corrected chi connectivity index (χ0v) is 12.5. The van der Waals surface area contributed by atoms with Crippen molar-refractivity contribution in [1.29, 1.82) is 0 Å². The first-order valence-corrected chi connectivity index (χ1v) is 6.79. The van der Waals surface area contributed by atoms with E-state index in [0.29, 0.717) is 12.6 Å². The molecule has 1 N–H and O–H groups in total. The van der Waals surface area contributed by atoms with E-state index in [1.165, 1.54) is 0 Å². The van der Waals surface area contributed by atoms with Gasteiger partial charge in [0.1, 0.15) is 0 Å². The maximum atomic E-state index is 11.8. The third-order valence-corrected chi connectivity index (χ3v) is 3.47. The van der Waals surface area contributed by atoms with Gasteiger partial charge in [-0.05, 0) is 12.8 Å². The number of piperidine rings is 1. The van der Waals surface area contributed by atoms with Crippen LogP contribution in [0, 0.1) is 0 Å². The van der Waals surface area contributed by atoms with Crippen molar-refractivity contribution in [2.75, 3.05) is 54.6 Å². The number of hydrogen-bond acceptors (Lipinski definition) is 4. The Morgan fingerprint density at radius 3 is 2.47 bits per heavy atom. The Kier molecular flexibility index (Phi) is 7.12.